The number of amides is 4. The molecule has 1 aromatic heterocycles. The Morgan fingerprint density at radius 2 is 2.35 bits per heavy atom. The van der Waals surface area contributed by atoms with Crippen LogP contribution in [-0.2, 0) is 16.0 Å². The van der Waals surface area contributed by atoms with Gasteiger partial charge in [0.25, 0.3) is 0 Å². The maximum absolute atomic E-state index is 11.8. The highest BCUT2D eigenvalue weighted by Gasteiger charge is 2.28. The number of aromatic nitrogens is 1. The number of hydrogen-bond acceptors (Lipinski definition) is 4. The minimum Gasteiger partial charge on any atom is -0.352 e. The first-order valence-electron chi connectivity index (χ1n) is 6.31. The minimum atomic E-state index is -0.523. The Morgan fingerprint density at radius 1 is 1.55 bits per heavy atom. The summed E-state index contributed by atoms with van der Waals surface area (Å²) in [6, 6.07) is 3.17. The van der Waals surface area contributed by atoms with E-state index in [-0.39, 0.29) is 30.9 Å². The van der Waals surface area contributed by atoms with E-state index in [9.17, 15) is 14.4 Å². The number of hydrogen-bond donors (Lipinski definition) is 2. The molecule has 1 aromatic rings. The molecule has 1 atom stereocenters. The van der Waals surface area contributed by atoms with Crippen LogP contribution < -0.4 is 10.6 Å². The van der Waals surface area contributed by atoms with Crippen LogP contribution in [0.3, 0.4) is 0 Å². The number of rotatable bonds is 5. The molecule has 0 saturated carbocycles. The molecule has 106 valence electrons. The summed E-state index contributed by atoms with van der Waals surface area (Å²) in [6.45, 7) is 1.69. The van der Waals surface area contributed by atoms with Gasteiger partial charge >= 0.3 is 6.03 Å². The largest absolute Gasteiger partial charge is 0.352 e. The molecular formula is C13H16N4O3. The molecule has 1 unspecified atom stereocenters. The molecule has 0 radical (unpaired) electrons. The van der Waals surface area contributed by atoms with Gasteiger partial charge in [-0.15, -0.1) is 0 Å². The number of carbonyl (C=O) groups is 3. The van der Waals surface area contributed by atoms with Gasteiger partial charge in [0.05, 0.1) is 0 Å². The van der Waals surface area contributed by atoms with Gasteiger partial charge in [0.15, 0.2) is 0 Å². The average Bonchev–Trinajstić information content (AvgIpc) is 2.68. The maximum Gasteiger partial charge on any atom is 0.325 e. The standard InChI is InChI=1S/C13H16N4O3/c1-9(5-10-3-2-4-14-6-10)15-11(18)7-17-8-12(19)16-13(17)20/h2-4,6,9H,5,7-8H2,1H3,(H,15,18)(H,16,19,20). The van der Waals surface area contributed by atoms with Crippen molar-refractivity contribution in [1.82, 2.24) is 20.5 Å². The lowest BCUT2D eigenvalue weighted by Gasteiger charge is -2.17. The van der Waals surface area contributed by atoms with Gasteiger partial charge < -0.3 is 10.2 Å². The normalized spacial score (nSPS) is 15.9. The van der Waals surface area contributed by atoms with Crippen molar-refractivity contribution in [2.24, 2.45) is 0 Å². The molecule has 0 aliphatic carbocycles. The smallest absolute Gasteiger partial charge is 0.325 e. The van der Waals surface area contributed by atoms with Crippen LogP contribution in [0, 0.1) is 0 Å². The summed E-state index contributed by atoms with van der Waals surface area (Å²) in [6.07, 6.45) is 4.09. The quantitative estimate of drug-likeness (QED) is 0.721. The first-order valence-corrected chi connectivity index (χ1v) is 6.31. The summed E-state index contributed by atoms with van der Waals surface area (Å²) < 4.78 is 0. The second-order valence-electron chi connectivity index (χ2n) is 4.74. The maximum atomic E-state index is 11.8. The monoisotopic (exact) mass is 276 g/mol. The molecule has 0 spiro atoms. The van der Waals surface area contributed by atoms with Gasteiger partial charge in [-0.25, -0.2) is 4.79 Å². The Kier molecular flexibility index (Phi) is 4.29. The molecule has 1 aliphatic rings. The van der Waals surface area contributed by atoms with Crippen molar-refractivity contribution in [3.05, 3.63) is 30.1 Å². The Hall–Kier alpha value is -2.44. The number of pyridine rings is 1. The number of urea groups is 1. The lowest BCUT2D eigenvalue weighted by molar-refractivity contribution is -0.122. The average molecular weight is 276 g/mol. The first-order chi connectivity index (χ1) is 9.54. The molecule has 1 saturated heterocycles. The zero-order valence-corrected chi connectivity index (χ0v) is 11.1. The number of imide groups is 1. The summed E-state index contributed by atoms with van der Waals surface area (Å²) in [5, 5.41) is 4.92. The molecule has 4 amide bonds. The topological polar surface area (TPSA) is 91.4 Å². The van der Waals surface area contributed by atoms with Gasteiger partial charge in [-0.1, -0.05) is 6.07 Å². The summed E-state index contributed by atoms with van der Waals surface area (Å²) in [5.41, 5.74) is 1.02. The summed E-state index contributed by atoms with van der Waals surface area (Å²) >= 11 is 0. The molecule has 20 heavy (non-hydrogen) atoms. The van der Waals surface area contributed by atoms with Crippen LogP contribution >= 0.6 is 0 Å². The lowest BCUT2D eigenvalue weighted by atomic mass is 10.1. The Bertz CT molecular complexity index is 518. The van der Waals surface area contributed by atoms with Gasteiger partial charge in [0, 0.05) is 18.4 Å². The minimum absolute atomic E-state index is 0.0662. The summed E-state index contributed by atoms with van der Waals surface area (Å²) in [5.74, 6) is -0.669. The van der Waals surface area contributed by atoms with Gasteiger partial charge in [0.1, 0.15) is 13.1 Å². The molecule has 1 aliphatic heterocycles. The number of carbonyl (C=O) groups excluding carboxylic acids is 3. The highest BCUT2D eigenvalue weighted by Crippen LogP contribution is 2.02. The van der Waals surface area contributed by atoms with Crippen LogP contribution in [0.2, 0.25) is 0 Å². The Labute approximate surface area is 116 Å². The SMILES string of the molecule is CC(Cc1cccnc1)NC(=O)CN1CC(=O)NC1=O. The zero-order valence-electron chi connectivity index (χ0n) is 11.1. The third kappa shape index (κ3) is 3.78. The highest BCUT2D eigenvalue weighted by atomic mass is 16.2. The molecule has 1 fully saturated rings. The van der Waals surface area contributed by atoms with E-state index in [0.717, 1.165) is 5.56 Å². The van der Waals surface area contributed by atoms with Crippen molar-refractivity contribution < 1.29 is 14.4 Å². The van der Waals surface area contributed by atoms with E-state index in [1.165, 1.54) is 4.90 Å². The molecule has 0 aromatic carbocycles. The van der Waals surface area contributed by atoms with Gasteiger partial charge in [-0.05, 0) is 25.0 Å². The van der Waals surface area contributed by atoms with Crippen molar-refractivity contribution in [2.45, 2.75) is 19.4 Å². The van der Waals surface area contributed by atoms with Gasteiger partial charge in [-0.2, -0.15) is 0 Å². The van der Waals surface area contributed by atoms with Crippen molar-refractivity contribution in [3.8, 4) is 0 Å². The summed E-state index contributed by atoms with van der Waals surface area (Å²) in [4.78, 5) is 39.3. The van der Waals surface area contributed by atoms with Crippen molar-refractivity contribution in [1.29, 1.82) is 0 Å². The molecule has 2 rings (SSSR count). The predicted octanol–water partition coefficient (Wildman–Crippen LogP) is -0.319. The first kappa shape index (κ1) is 14.0. The molecule has 2 heterocycles. The third-order valence-corrected chi connectivity index (χ3v) is 2.87. The fraction of sp³-hybridized carbons (Fsp3) is 0.385. The van der Waals surface area contributed by atoms with E-state index in [4.69, 9.17) is 0 Å². The van der Waals surface area contributed by atoms with Crippen LogP contribution in [0.1, 0.15) is 12.5 Å². The van der Waals surface area contributed by atoms with Crippen molar-refractivity contribution >= 4 is 17.8 Å². The molecular weight excluding hydrogens is 260 g/mol. The van der Waals surface area contributed by atoms with Gasteiger partial charge in [-0.3, -0.25) is 19.9 Å². The van der Waals surface area contributed by atoms with Crippen LogP contribution in [-0.4, -0.2) is 46.9 Å². The second-order valence-corrected chi connectivity index (χ2v) is 4.74. The van der Waals surface area contributed by atoms with Gasteiger partial charge in [0.2, 0.25) is 11.8 Å². The van der Waals surface area contributed by atoms with Crippen LogP contribution in [0.5, 0.6) is 0 Å². The van der Waals surface area contributed by atoms with Crippen molar-refractivity contribution in [2.75, 3.05) is 13.1 Å². The molecule has 7 nitrogen and oxygen atoms in total. The van der Waals surface area contributed by atoms with E-state index >= 15 is 0 Å². The van der Waals surface area contributed by atoms with Crippen LogP contribution in [0.15, 0.2) is 24.5 Å². The number of nitrogens with one attached hydrogen (secondary N) is 2. The predicted molar refractivity (Wildman–Crippen MR) is 70.7 cm³/mol. The van der Waals surface area contributed by atoms with Crippen LogP contribution in [0.25, 0.3) is 0 Å². The molecule has 7 heteroatoms. The Balaban J connectivity index is 1.79. The Morgan fingerprint density at radius 3 is 2.95 bits per heavy atom. The zero-order chi connectivity index (χ0) is 14.5. The van der Waals surface area contributed by atoms with E-state index in [2.05, 4.69) is 15.6 Å². The molecule has 0 bridgehead atoms. The van der Waals surface area contributed by atoms with Crippen molar-refractivity contribution in [3.63, 3.8) is 0 Å². The van der Waals surface area contributed by atoms with E-state index in [1.807, 2.05) is 19.1 Å². The van der Waals surface area contributed by atoms with Crippen LogP contribution in [0.4, 0.5) is 4.79 Å². The van der Waals surface area contributed by atoms with E-state index in [1.54, 1.807) is 12.4 Å². The summed E-state index contributed by atoms with van der Waals surface area (Å²) in [7, 11) is 0. The highest BCUT2D eigenvalue weighted by molar-refractivity contribution is 6.03. The third-order valence-electron chi connectivity index (χ3n) is 2.87. The fourth-order valence-electron chi connectivity index (χ4n) is 2.03. The lowest BCUT2D eigenvalue weighted by Crippen LogP contribution is -2.42. The fourth-order valence-corrected chi connectivity index (χ4v) is 2.03. The van der Waals surface area contributed by atoms with E-state index < -0.39 is 6.03 Å². The second kappa shape index (κ2) is 6.14. The van der Waals surface area contributed by atoms with E-state index in [0.29, 0.717) is 6.42 Å². The molecule has 2 N–H and O–H groups in total. The number of nitrogens with zero attached hydrogens (tertiary/aromatic N) is 2.